The highest BCUT2D eigenvalue weighted by Crippen LogP contribution is 2.30. The summed E-state index contributed by atoms with van der Waals surface area (Å²) >= 11 is 0. The van der Waals surface area contributed by atoms with Gasteiger partial charge in [-0.3, -0.25) is 0 Å². The number of rotatable bonds is 6. The number of likely N-dealkylation sites (N-methyl/N-ethyl adjacent to an activating group) is 1. The van der Waals surface area contributed by atoms with E-state index in [2.05, 4.69) is 42.8 Å². The molecule has 3 heteroatoms. The maximum Gasteiger partial charge on any atom is 0.0683 e. The van der Waals surface area contributed by atoms with E-state index in [4.69, 9.17) is 10.5 Å². The Balaban J connectivity index is 1.99. The minimum Gasteiger partial charge on any atom is -0.377 e. The Hall–Kier alpha value is -1.16. The second kappa shape index (κ2) is 9.09. The van der Waals surface area contributed by atoms with E-state index in [-0.39, 0.29) is 0 Å². The fourth-order valence-corrected chi connectivity index (χ4v) is 3.11. The zero-order valence-electron chi connectivity index (χ0n) is 13.9. The van der Waals surface area contributed by atoms with Gasteiger partial charge in [0.15, 0.2) is 0 Å². The molecule has 3 nitrogen and oxygen atoms in total. The van der Waals surface area contributed by atoms with Crippen molar-refractivity contribution in [2.24, 2.45) is 11.7 Å². The third-order valence-corrected chi connectivity index (χ3v) is 4.39. The van der Waals surface area contributed by atoms with E-state index in [1.54, 1.807) is 0 Å². The van der Waals surface area contributed by atoms with E-state index < -0.39 is 0 Å². The van der Waals surface area contributed by atoms with Crippen LogP contribution in [-0.2, 0) is 4.74 Å². The minimum absolute atomic E-state index is 0.367. The Morgan fingerprint density at radius 3 is 3.09 bits per heavy atom. The molecule has 1 fully saturated rings. The maximum atomic E-state index is 5.64. The van der Waals surface area contributed by atoms with Crippen molar-refractivity contribution < 1.29 is 4.74 Å². The quantitative estimate of drug-likeness (QED) is 0.766. The van der Waals surface area contributed by atoms with Crippen molar-refractivity contribution in [3.8, 4) is 0 Å². The molecule has 0 amide bonds. The van der Waals surface area contributed by atoms with Crippen LogP contribution in [0.4, 0.5) is 0 Å². The molecule has 0 aromatic rings. The first-order chi connectivity index (χ1) is 10.7. The molecule has 0 saturated carbocycles. The van der Waals surface area contributed by atoms with Gasteiger partial charge in [-0.25, -0.2) is 0 Å². The van der Waals surface area contributed by atoms with Crippen molar-refractivity contribution >= 4 is 0 Å². The van der Waals surface area contributed by atoms with Crippen LogP contribution in [0.3, 0.4) is 0 Å². The monoisotopic (exact) mass is 302 g/mol. The summed E-state index contributed by atoms with van der Waals surface area (Å²) in [6, 6.07) is 0. The average Bonchev–Trinajstić information content (AvgIpc) is 2.62. The van der Waals surface area contributed by atoms with Crippen LogP contribution >= 0.6 is 0 Å². The van der Waals surface area contributed by atoms with Crippen LogP contribution in [0.5, 0.6) is 0 Å². The van der Waals surface area contributed by atoms with Crippen LogP contribution in [0.15, 0.2) is 47.6 Å². The van der Waals surface area contributed by atoms with Gasteiger partial charge in [-0.15, -0.1) is 0 Å². The van der Waals surface area contributed by atoms with Crippen molar-refractivity contribution in [2.45, 2.75) is 25.7 Å². The second-order valence-corrected chi connectivity index (χ2v) is 6.30. The van der Waals surface area contributed by atoms with Crippen LogP contribution < -0.4 is 5.73 Å². The van der Waals surface area contributed by atoms with E-state index >= 15 is 0 Å². The van der Waals surface area contributed by atoms with E-state index in [9.17, 15) is 0 Å². The molecule has 0 aromatic carbocycles. The van der Waals surface area contributed by atoms with Crippen LogP contribution in [0.25, 0.3) is 0 Å². The van der Waals surface area contributed by atoms with E-state index in [0.29, 0.717) is 12.5 Å². The zero-order valence-corrected chi connectivity index (χ0v) is 13.9. The summed E-state index contributed by atoms with van der Waals surface area (Å²) in [4.78, 5) is 2.31. The van der Waals surface area contributed by atoms with Crippen LogP contribution in [0.1, 0.15) is 25.7 Å². The van der Waals surface area contributed by atoms with E-state index in [1.807, 2.05) is 0 Å². The summed E-state index contributed by atoms with van der Waals surface area (Å²) in [5, 5.41) is 0. The first-order valence-corrected chi connectivity index (χ1v) is 8.41. The lowest BCUT2D eigenvalue weighted by Gasteiger charge is -2.19. The number of hydrogen-bond acceptors (Lipinski definition) is 3. The Labute approximate surface area is 135 Å². The number of hydrogen-bond donors (Lipinski definition) is 1. The van der Waals surface area contributed by atoms with E-state index in [1.165, 1.54) is 23.1 Å². The maximum absolute atomic E-state index is 5.64. The molecule has 1 heterocycles. The van der Waals surface area contributed by atoms with Crippen LogP contribution in [-0.4, -0.2) is 44.8 Å². The molecule has 2 rings (SSSR count). The van der Waals surface area contributed by atoms with Crippen LogP contribution in [0.2, 0.25) is 0 Å². The number of allylic oxidation sites excluding steroid dienone is 5. The van der Waals surface area contributed by atoms with Gasteiger partial charge in [-0.1, -0.05) is 42.0 Å². The summed E-state index contributed by atoms with van der Waals surface area (Å²) in [7, 11) is 2.14. The SMILES string of the molecule is C=C1COCC/C2=C/C(CCCN(C)CCN)=C\C/C=C\C12. The normalized spacial score (nSPS) is 28.7. The third kappa shape index (κ3) is 5.24. The molecular formula is C19H30N2O. The van der Waals surface area contributed by atoms with Gasteiger partial charge in [0.2, 0.25) is 0 Å². The van der Waals surface area contributed by atoms with Crippen molar-refractivity contribution in [2.75, 3.05) is 39.9 Å². The predicted octanol–water partition coefficient (Wildman–Crippen LogP) is 3.06. The standard InChI is InChI=1S/C19H30N2O/c1-16-15-22-13-9-18-14-17(6-3-4-8-19(16)18)7-5-11-21(2)12-10-20/h4,6,8,14,19H,1,3,5,7,9-13,15,20H2,2H3/b8-4-,17-6-,18-14-. The molecule has 0 radical (unpaired) electrons. The molecule has 2 N–H and O–H groups in total. The molecule has 1 atom stereocenters. The molecule has 1 aliphatic heterocycles. The topological polar surface area (TPSA) is 38.5 Å². The van der Waals surface area contributed by atoms with Gasteiger partial charge in [0.1, 0.15) is 0 Å². The van der Waals surface area contributed by atoms with Gasteiger partial charge in [0.05, 0.1) is 13.2 Å². The molecule has 0 bridgehead atoms. The molecule has 1 saturated heterocycles. The lowest BCUT2D eigenvalue weighted by molar-refractivity contribution is 0.165. The van der Waals surface area contributed by atoms with Gasteiger partial charge in [-0.2, -0.15) is 0 Å². The molecule has 2 aliphatic rings. The first-order valence-electron chi connectivity index (χ1n) is 8.41. The van der Waals surface area contributed by atoms with Gasteiger partial charge in [-0.05, 0) is 44.8 Å². The highest BCUT2D eigenvalue weighted by molar-refractivity contribution is 5.35. The Bertz CT molecular complexity index is 462. The second-order valence-electron chi connectivity index (χ2n) is 6.30. The Morgan fingerprint density at radius 1 is 1.41 bits per heavy atom. The zero-order chi connectivity index (χ0) is 15.8. The van der Waals surface area contributed by atoms with Crippen LogP contribution in [0, 0.1) is 5.92 Å². The lowest BCUT2D eigenvalue weighted by atomic mass is 9.87. The van der Waals surface area contributed by atoms with Gasteiger partial charge < -0.3 is 15.4 Å². The largest absolute Gasteiger partial charge is 0.377 e. The minimum atomic E-state index is 0.367. The van der Waals surface area contributed by atoms with Crippen molar-refractivity contribution in [3.63, 3.8) is 0 Å². The number of nitrogens with two attached hydrogens (primary N) is 1. The summed E-state index contributed by atoms with van der Waals surface area (Å²) in [5.41, 5.74) is 9.69. The average molecular weight is 302 g/mol. The fraction of sp³-hybridized carbons (Fsp3) is 0.579. The number of nitrogens with zero attached hydrogens (tertiary/aromatic N) is 1. The smallest absolute Gasteiger partial charge is 0.0683 e. The Kier molecular flexibility index (Phi) is 7.10. The highest BCUT2D eigenvalue weighted by atomic mass is 16.5. The third-order valence-electron chi connectivity index (χ3n) is 4.39. The number of fused-ring (bicyclic) bond motifs is 1. The van der Waals surface area contributed by atoms with Crippen molar-refractivity contribution in [1.82, 2.24) is 4.90 Å². The van der Waals surface area contributed by atoms with Gasteiger partial charge >= 0.3 is 0 Å². The summed E-state index contributed by atoms with van der Waals surface area (Å²) in [5.74, 6) is 0.367. The lowest BCUT2D eigenvalue weighted by Crippen LogP contribution is -2.26. The Morgan fingerprint density at radius 2 is 2.27 bits per heavy atom. The molecule has 0 spiro atoms. The summed E-state index contributed by atoms with van der Waals surface area (Å²) < 4.78 is 5.64. The molecular weight excluding hydrogens is 272 g/mol. The predicted molar refractivity (Wildman–Crippen MR) is 93.8 cm³/mol. The fourth-order valence-electron chi connectivity index (χ4n) is 3.11. The number of ether oxygens (including phenoxy) is 1. The van der Waals surface area contributed by atoms with Crippen molar-refractivity contribution in [1.29, 1.82) is 0 Å². The molecule has 22 heavy (non-hydrogen) atoms. The molecule has 1 aliphatic carbocycles. The van der Waals surface area contributed by atoms with Gasteiger partial charge in [0, 0.05) is 19.0 Å². The summed E-state index contributed by atoms with van der Waals surface area (Å²) in [6.07, 6.45) is 13.7. The van der Waals surface area contributed by atoms with Crippen molar-refractivity contribution in [3.05, 3.63) is 47.6 Å². The van der Waals surface area contributed by atoms with Gasteiger partial charge in [0.25, 0.3) is 0 Å². The molecule has 122 valence electrons. The molecule has 1 unspecified atom stereocenters. The highest BCUT2D eigenvalue weighted by Gasteiger charge is 2.19. The molecule has 0 aromatic heterocycles. The summed E-state index contributed by atoms with van der Waals surface area (Å²) in [6.45, 7) is 8.52. The first kappa shape index (κ1) is 17.2. The van der Waals surface area contributed by atoms with E-state index in [0.717, 1.165) is 45.5 Å².